The summed E-state index contributed by atoms with van der Waals surface area (Å²) < 4.78 is 1.01. The highest BCUT2D eigenvalue weighted by Gasteiger charge is 2.37. The fourth-order valence-corrected chi connectivity index (χ4v) is 4.87. The summed E-state index contributed by atoms with van der Waals surface area (Å²) in [5.41, 5.74) is 0.296. The SMILES string of the molecule is O=C(NC1CCNC2(CCCCC2)C1)c1ccc(Br)s1. The molecule has 1 spiro atoms. The molecule has 1 saturated carbocycles. The molecule has 2 N–H and O–H groups in total. The van der Waals surface area contributed by atoms with E-state index in [4.69, 9.17) is 0 Å². The first-order valence-electron chi connectivity index (χ1n) is 7.48. The third-order valence-electron chi connectivity index (χ3n) is 4.57. The fraction of sp³-hybridized carbons (Fsp3) is 0.667. The van der Waals surface area contributed by atoms with E-state index < -0.39 is 0 Å². The number of nitrogens with one attached hydrogen (secondary N) is 2. The van der Waals surface area contributed by atoms with Crippen LogP contribution in [0.1, 0.15) is 54.6 Å². The van der Waals surface area contributed by atoms with Crippen LogP contribution < -0.4 is 10.6 Å². The van der Waals surface area contributed by atoms with Gasteiger partial charge in [-0.3, -0.25) is 4.79 Å². The van der Waals surface area contributed by atoms with Gasteiger partial charge in [-0.2, -0.15) is 0 Å². The normalized spacial score (nSPS) is 25.6. The van der Waals surface area contributed by atoms with E-state index in [2.05, 4.69) is 26.6 Å². The maximum atomic E-state index is 12.3. The lowest BCUT2D eigenvalue weighted by Crippen LogP contribution is -2.57. The van der Waals surface area contributed by atoms with Crippen LogP contribution in [0.2, 0.25) is 0 Å². The molecule has 1 unspecified atom stereocenters. The van der Waals surface area contributed by atoms with E-state index in [0.717, 1.165) is 28.0 Å². The van der Waals surface area contributed by atoms with Gasteiger partial charge in [0.15, 0.2) is 0 Å². The second-order valence-electron chi connectivity index (χ2n) is 6.03. The zero-order chi connectivity index (χ0) is 14.0. The van der Waals surface area contributed by atoms with Crippen molar-refractivity contribution in [3.63, 3.8) is 0 Å². The third-order valence-corrected chi connectivity index (χ3v) is 6.20. The van der Waals surface area contributed by atoms with E-state index >= 15 is 0 Å². The lowest BCUT2D eigenvalue weighted by molar-refractivity contribution is 0.0897. The Labute approximate surface area is 132 Å². The van der Waals surface area contributed by atoms with Gasteiger partial charge in [0.25, 0.3) is 5.91 Å². The molecule has 3 nitrogen and oxygen atoms in total. The van der Waals surface area contributed by atoms with Crippen molar-refractivity contribution in [2.45, 2.75) is 56.5 Å². The molecule has 2 heterocycles. The minimum absolute atomic E-state index is 0.0820. The van der Waals surface area contributed by atoms with Crippen LogP contribution in [0.25, 0.3) is 0 Å². The molecular formula is C15H21BrN2OS. The van der Waals surface area contributed by atoms with Crippen LogP contribution in [0.5, 0.6) is 0 Å². The van der Waals surface area contributed by atoms with Crippen molar-refractivity contribution in [1.29, 1.82) is 0 Å². The van der Waals surface area contributed by atoms with Crippen molar-refractivity contribution in [2.75, 3.05) is 6.54 Å². The average molecular weight is 357 g/mol. The summed E-state index contributed by atoms with van der Waals surface area (Å²) in [6.07, 6.45) is 8.68. The molecule has 1 aromatic heterocycles. The van der Waals surface area contributed by atoms with Gasteiger partial charge >= 0.3 is 0 Å². The highest BCUT2D eigenvalue weighted by molar-refractivity contribution is 9.11. The Kier molecular flexibility index (Phi) is 4.48. The summed E-state index contributed by atoms with van der Waals surface area (Å²) in [6, 6.07) is 4.15. The molecule has 20 heavy (non-hydrogen) atoms. The first-order chi connectivity index (χ1) is 9.67. The molecule has 1 amide bonds. The van der Waals surface area contributed by atoms with Gasteiger partial charge in [-0.15, -0.1) is 11.3 Å². The maximum absolute atomic E-state index is 12.3. The predicted octanol–water partition coefficient (Wildman–Crippen LogP) is 3.70. The second-order valence-corrected chi connectivity index (χ2v) is 8.50. The van der Waals surface area contributed by atoms with Gasteiger partial charge < -0.3 is 10.6 Å². The minimum atomic E-state index is 0.0820. The third kappa shape index (κ3) is 3.26. The summed E-state index contributed by atoms with van der Waals surface area (Å²) in [5.74, 6) is 0.0820. The first kappa shape index (κ1) is 14.5. The highest BCUT2D eigenvalue weighted by Crippen LogP contribution is 2.34. The molecule has 2 aliphatic rings. The molecule has 2 fully saturated rings. The van der Waals surface area contributed by atoms with Crippen molar-refractivity contribution in [3.8, 4) is 0 Å². The lowest BCUT2D eigenvalue weighted by Gasteiger charge is -2.44. The van der Waals surface area contributed by atoms with Gasteiger partial charge in [0.1, 0.15) is 0 Å². The molecule has 3 rings (SSSR count). The summed E-state index contributed by atoms with van der Waals surface area (Å²) in [5, 5.41) is 6.96. The number of hydrogen-bond donors (Lipinski definition) is 2. The number of hydrogen-bond acceptors (Lipinski definition) is 3. The number of amides is 1. The van der Waals surface area contributed by atoms with Crippen LogP contribution in [-0.2, 0) is 0 Å². The van der Waals surface area contributed by atoms with Crippen molar-refractivity contribution in [2.24, 2.45) is 0 Å². The summed E-state index contributed by atoms with van der Waals surface area (Å²) in [4.78, 5) is 13.1. The van der Waals surface area contributed by atoms with Crippen LogP contribution in [0.15, 0.2) is 15.9 Å². The van der Waals surface area contributed by atoms with Gasteiger partial charge in [0, 0.05) is 11.6 Å². The molecule has 1 atom stereocenters. The fourth-order valence-electron chi connectivity index (χ4n) is 3.58. The smallest absolute Gasteiger partial charge is 0.261 e. The minimum Gasteiger partial charge on any atom is -0.348 e. The number of rotatable bonds is 2. The molecule has 0 radical (unpaired) electrons. The van der Waals surface area contributed by atoms with Gasteiger partial charge in [-0.25, -0.2) is 0 Å². The molecule has 0 bridgehead atoms. The van der Waals surface area contributed by atoms with E-state index in [0.29, 0.717) is 11.6 Å². The van der Waals surface area contributed by atoms with Gasteiger partial charge in [0.2, 0.25) is 0 Å². The van der Waals surface area contributed by atoms with E-state index in [1.807, 2.05) is 12.1 Å². The summed E-state index contributed by atoms with van der Waals surface area (Å²) >= 11 is 4.91. The average Bonchev–Trinajstić information content (AvgIpc) is 2.86. The predicted molar refractivity (Wildman–Crippen MR) is 86.3 cm³/mol. The zero-order valence-electron chi connectivity index (χ0n) is 11.6. The first-order valence-corrected chi connectivity index (χ1v) is 9.09. The Hall–Kier alpha value is -0.390. The second kappa shape index (κ2) is 6.16. The number of carbonyl (C=O) groups is 1. The van der Waals surface area contributed by atoms with Gasteiger partial charge in [0.05, 0.1) is 8.66 Å². The standard InChI is InChI=1S/C15H21BrN2OS/c16-13-5-4-12(20-13)14(19)18-11-6-9-17-15(10-11)7-2-1-3-8-15/h4-5,11,17H,1-3,6-10H2,(H,18,19). The Bertz CT molecular complexity index is 476. The van der Waals surface area contributed by atoms with Crippen LogP contribution >= 0.6 is 27.3 Å². The molecule has 1 aliphatic heterocycles. The molecule has 1 aromatic rings. The molecular weight excluding hydrogens is 336 g/mol. The molecule has 1 aliphatic carbocycles. The Morgan fingerprint density at radius 3 is 2.85 bits per heavy atom. The van der Waals surface area contributed by atoms with Gasteiger partial charge in [-0.1, -0.05) is 19.3 Å². The summed E-state index contributed by atoms with van der Waals surface area (Å²) in [7, 11) is 0. The van der Waals surface area contributed by atoms with Crippen molar-refractivity contribution >= 4 is 33.2 Å². The molecule has 0 aromatic carbocycles. The van der Waals surface area contributed by atoms with E-state index in [1.165, 1.54) is 43.4 Å². The Balaban J connectivity index is 1.61. The molecule has 110 valence electrons. The monoisotopic (exact) mass is 356 g/mol. The van der Waals surface area contributed by atoms with Crippen LogP contribution in [0.3, 0.4) is 0 Å². The number of halogens is 1. The maximum Gasteiger partial charge on any atom is 0.261 e. The largest absolute Gasteiger partial charge is 0.348 e. The Morgan fingerprint density at radius 2 is 2.15 bits per heavy atom. The quantitative estimate of drug-likeness (QED) is 0.848. The van der Waals surface area contributed by atoms with Gasteiger partial charge in [-0.05, 0) is 60.3 Å². The van der Waals surface area contributed by atoms with E-state index in [1.54, 1.807) is 0 Å². The van der Waals surface area contributed by atoms with E-state index in [-0.39, 0.29) is 5.91 Å². The summed E-state index contributed by atoms with van der Waals surface area (Å²) in [6.45, 7) is 1.03. The van der Waals surface area contributed by atoms with Crippen LogP contribution in [0, 0.1) is 0 Å². The van der Waals surface area contributed by atoms with Crippen LogP contribution in [0.4, 0.5) is 0 Å². The number of thiophene rings is 1. The van der Waals surface area contributed by atoms with Crippen molar-refractivity contribution in [1.82, 2.24) is 10.6 Å². The molecule has 1 saturated heterocycles. The topological polar surface area (TPSA) is 41.1 Å². The Morgan fingerprint density at radius 1 is 1.35 bits per heavy atom. The van der Waals surface area contributed by atoms with E-state index in [9.17, 15) is 4.79 Å². The zero-order valence-corrected chi connectivity index (χ0v) is 14.0. The highest BCUT2D eigenvalue weighted by atomic mass is 79.9. The van der Waals surface area contributed by atoms with Crippen LogP contribution in [-0.4, -0.2) is 24.0 Å². The van der Waals surface area contributed by atoms with Crippen molar-refractivity contribution in [3.05, 3.63) is 20.8 Å². The number of piperidine rings is 1. The number of carbonyl (C=O) groups excluding carboxylic acids is 1. The lowest BCUT2D eigenvalue weighted by atomic mass is 9.75. The van der Waals surface area contributed by atoms with Crippen molar-refractivity contribution < 1.29 is 4.79 Å². The molecule has 5 heteroatoms.